The second-order valence-corrected chi connectivity index (χ2v) is 6.31. The molecule has 2 fully saturated rings. The van der Waals surface area contributed by atoms with Gasteiger partial charge in [0.05, 0.1) is 18.8 Å². The highest BCUT2D eigenvalue weighted by Crippen LogP contribution is 2.26. The Kier molecular flexibility index (Phi) is 4.83. The summed E-state index contributed by atoms with van der Waals surface area (Å²) in [5, 5.41) is 12.9. The Labute approximate surface area is 117 Å². The lowest BCUT2D eigenvalue weighted by Crippen LogP contribution is -2.52. The van der Waals surface area contributed by atoms with Crippen LogP contribution in [0.3, 0.4) is 0 Å². The van der Waals surface area contributed by atoms with Gasteiger partial charge in [-0.05, 0) is 39.5 Å². The van der Waals surface area contributed by atoms with Gasteiger partial charge in [-0.2, -0.15) is 5.26 Å². The quantitative estimate of drug-likeness (QED) is 0.797. The van der Waals surface area contributed by atoms with Crippen LogP contribution in [-0.4, -0.2) is 48.3 Å². The first-order valence-corrected chi connectivity index (χ1v) is 7.61. The van der Waals surface area contributed by atoms with Crippen LogP contribution in [0.1, 0.15) is 46.5 Å². The van der Waals surface area contributed by atoms with E-state index in [1.165, 1.54) is 12.8 Å². The highest BCUT2D eigenvalue weighted by atomic mass is 16.5. The number of morpholine rings is 1. The summed E-state index contributed by atoms with van der Waals surface area (Å²) in [6.45, 7) is 9.27. The summed E-state index contributed by atoms with van der Waals surface area (Å²) in [5.41, 5.74) is -0.388. The number of hydrogen-bond donors (Lipinski definition) is 1. The van der Waals surface area contributed by atoms with Crippen LogP contribution >= 0.6 is 0 Å². The largest absolute Gasteiger partial charge is 0.376 e. The molecule has 4 heteroatoms. The molecule has 0 bridgehead atoms. The van der Waals surface area contributed by atoms with Crippen LogP contribution in [0.25, 0.3) is 0 Å². The van der Waals surface area contributed by atoms with Crippen LogP contribution in [0, 0.1) is 11.3 Å². The maximum Gasteiger partial charge on any atom is 0.105 e. The van der Waals surface area contributed by atoms with Crippen molar-refractivity contribution in [3.05, 3.63) is 0 Å². The molecule has 0 spiro atoms. The number of nitriles is 1. The molecule has 108 valence electrons. The van der Waals surface area contributed by atoms with E-state index >= 15 is 0 Å². The van der Waals surface area contributed by atoms with E-state index in [1.807, 2.05) is 6.92 Å². The van der Waals surface area contributed by atoms with Gasteiger partial charge in [0.1, 0.15) is 5.54 Å². The van der Waals surface area contributed by atoms with Gasteiger partial charge < -0.3 is 4.74 Å². The standard InChI is InChI=1S/C15H27N3O/c1-4-14-10-18(7-8-19-14)12(2)9-15(3,11-16)17-13-5-6-13/h12-14,17H,4-10H2,1-3H3. The topological polar surface area (TPSA) is 48.3 Å². The predicted octanol–water partition coefficient (Wildman–Crippen LogP) is 1.91. The molecule has 1 heterocycles. The van der Waals surface area contributed by atoms with Crippen molar-refractivity contribution in [1.29, 1.82) is 5.26 Å². The van der Waals surface area contributed by atoms with E-state index in [1.54, 1.807) is 0 Å². The first-order valence-electron chi connectivity index (χ1n) is 7.61. The number of ether oxygens (including phenoxy) is 1. The van der Waals surface area contributed by atoms with E-state index in [0.717, 1.165) is 32.5 Å². The highest BCUT2D eigenvalue weighted by molar-refractivity contribution is 5.08. The molecule has 2 aliphatic rings. The Balaban J connectivity index is 1.87. The molecule has 0 aromatic rings. The summed E-state index contributed by atoms with van der Waals surface area (Å²) in [6, 6.07) is 3.47. The van der Waals surface area contributed by atoms with Crippen molar-refractivity contribution >= 4 is 0 Å². The molecule has 0 aromatic heterocycles. The minimum Gasteiger partial charge on any atom is -0.376 e. The average Bonchev–Trinajstić information content (AvgIpc) is 3.22. The van der Waals surface area contributed by atoms with Gasteiger partial charge in [0.15, 0.2) is 0 Å². The molecule has 2 rings (SSSR count). The lowest BCUT2D eigenvalue weighted by molar-refractivity contribution is -0.0449. The van der Waals surface area contributed by atoms with Gasteiger partial charge >= 0.3 is 0 Å². The normalized spacial score (nSPS) is 29.5. The van der Waals surface area contributed by atoms with Crippen LogP contribution in [0.15, 0.2) is 0 Å². The van der Waals surface area contributed by atoms with Crippen LogP contribution in [-0.2, 0) is 4.74 Å². The third kappa shape index (κ3) is 4.17. The molecule has 0 amide bonds. The average molecular weight is 265 g/mol. The van der Waals surface area contributed by atoms with Gasteiger partial charge in [0.2, 0.25) is 0 Å². The van der Waals surface area contributed by atoms with Crippen molar-refractivity contribution < 1.29 is 4.74 Å². The minimum absolute atomic E-state index is 0.362. The molecule has 3 atom stereocenters. The summed E-state index contributed by atoms with van der Waals surface area (Å²) < 4.78 is 5.72. The van der Waals surface area contributed by atoms with Gasteiger partial charge in [-0.25, -0.2) is 0 Å². The molecule has 3 unspecified atom stereocenters. The van der Waals surface area contributed by atoms with E-state index in [4.69, 9.17) is 4.74 Å². The van der Waals surface area contributed by atoms with Gasteiger partial charge in [-0.3, -0.25) is 10.2 Å². The van der Waals surface area contributed by atoms with E-state index in [9.17, 15) is 5.26 Å². The Morgan fingerprint density at radius 3 is 2.84 bits per heavy atom. The van der Waals surface area contributed by atoms with Crippen molar-refractivity contribution in [1.82, 2.24) is 10.2 Å². The summed E-state index contributed by atoms with van der Waals surface area (Å²) in [4.78, 5) is 2.47. The molecule has 4 nitrogen and oxygen atoms in total. The van der Waals surface area contributed by atoms with Gasteiger partial charge in [-0.1, -0.05) is 6.92 Å². The zero-order chi connectivity index (χ0) is 13.9. The Hall–Kier alpha value is -0.630. The summed E-state index contributed by atoms with van der Waals surface area (Å²) in [7, 11) is 0. The van der Waals surface area contributed by atoms with E-state index in [0.29, 0.717) is 18.2 Å². The zero-order valence-corrected chi connectivity index (χ0v) is 12.5. The number of nitrogens with one attached hydrogen (secondary N) is 1. The van der Waals surface area contributed by atoms with Crippen LogP contribution in [0.2, 0.25) is 0 Å². The Morgan fingerprint density at radius 1 is 1.53 bits per heavy atom. The van der Waals surface area contributed by atoms with E-state index in [-0.39, 0.29) is 5.54 Å². The van der Waals surface area contributed by atoms with Crippen molar-refractivity contribution in [3.63, 3.8) is 0 Å². The lowest BCUT2D eigenvalue weighted by atomic mass is 9.93. The molecular formula is C15H27N3O. The monoisotopic (exact) mass is 265 g/mol. The van der Waals surface area contributed by atoms with Crippen molar-refractivity contribution in [3.8, 4) is 6.07 Å². The molecule has 1 aliphatic heterocycles. The maximum atomic E-state index is 9.45. The fourth-order valence-electron chi connectivity index (χ4n) is 2.92. The molecule has 1 saturated heterocycles. The maximum absolute atomic E-state index is 9.45. The summed E-state index contributed by atoms with van der Waals surface area (Å²) >= 11 is 0. The first kappa shape index (κ1) is 14.8. The van der Waals surface area contributed by atoms with E-state index < -0.39 is 0 Å². The molecular weight excluding hydrogens is 238 g/mol. The summed E-state index contributed by atoms with van der Waals surface area (Å²) in [5.74, 6) is 0. The molecule has 1 saturated carbocycles. The van der Waals surface area contributed by atoms with Gasteiger partial charge in [-0.15, -0.1) is 0 Å². The fraction of sp³-hybridized carbons (Fsp3) is 0.933. The fourth-order valence-corrected chi connectivity index (χ4v) is 2.92. The summed E-state index contributed by atoms with van der Waals surface area (Å²) in [6.07, 6.45) is 4.76. The first-order chi connectivity index (χ1) is 9.06. The van der Waals surface area contributed by atoms with Crippen molar-refractivity contribution in [2.24, 2.45) is 0 Å². The minimum atomic E-state index is -0.388. The molecule has 0 radical (unpaired) electrons. The number of hydrogen-bond acceptors (Lipinski definition) is 4. The van der Waals surface area contributed by atoms with Crippen LogP contribution in [0.5, 0.6) is 0 Å². The molecule has 19 heavy (non-hydrogen) atoms. The number of nitrogens with zero attached hydrogens (tertiary/aromatic N) is 2. The zero-order valence-electron chi connectivity index (χ0n) is 12.5. The van der Waals surface area contributed by atoms with Gasteiger partial charge in [0.25, 0.3) is 0 Å². The van der Waals surface area contributed by atoms with Crippen molar-refractivity contribution in [2.75, 3.05) is 19.7 Å². The Bertz CT molecular complexity index is 337. The second-order valence-electron chi connectivity index (χ2n) is 6.31. The molecule has 0 aromatic carbocycles. The van der Waals surface area contributed by atoms with Crippen LogP contribution < -0.4 is 5.32 Å². The lowest BCUT2D eigenvalue weighted by Gasteiger charge is -2.39. The third-order valence-electron chi connectivity index (χ3n) is 4.30. The SMILES string of the molecule is CCC1CN(C(C)CC(C)(C#N)NC2CC2)CCO1. The Morgan fingerprint density at radius 2 is 2.26 bits per heavy atom. The molecule has 1 aliphatic carbocycles. The molecule has 1 N–H and O–H groups in total. The third-order valence-corrected chi connectivity index (χ3v) is 4.30. The van der Waals surface area contributed by atoms with Crippen molar-refractivity contribution in [2.45, 2.75) is 70.2 Å². The highest BCUT2D eigenvalue weighted by Gasteiger charge is 2.35. The van der Waals surface area contributed by atoms with Crippen LogP contribution in [0.4, 0.5) is 0 Å². The van der Waals surface area contributed by atoms with Gasteiger partial charge in [0, 0.05) is 25.2 Å². The smallest absolute Gasteiger partial charge is 0.105 e. The second kappa shape index (κ2) is 6.21. The number of rotatable bonds is 6. The van der Waals surface area contributed by atoms with E-state index in [2.05, 4.69) is 30.1 Å². The predicted molar refractivity (Wildman–Crippen MR) is 75.9 cm³/mol.